The number of hydrogen-bond donors (Lipinski definition) is 0. The summed E-state index contributed by atoms with van der Waals surface area (Å²) in [4.78, 5) is 6.97. The molecule has 0 spiro atoms. The summed E-state index contributed by atoms with van der Waals surface area (Å²) >= 11 is 0. The molecule has 1 aliphatic heterocycles. The van der Waals surface area contributed by atoms with Crippen molar-refractivity contribution >= 4 is 5.57 Å². The Labute approximate surface area is 120 Å². The van der Waals surface area contributed by atoms with Crippen LogP contribution in [0.1, 0.15) is 24.1 Å². The molecular weight excluding hydrogens is 244 g/mol. The zero-order valence-electron chi connectivity index (χ0n) is 11.9. The summed E-state index contributed by atoms with van der Waals surface area (Å²) in [6.07, 6.45) is 4.16. The quantitative estimate of drug-likeness (QED) is 0.823. The summed E-state index contributed by atoms with van der Waals surface area (Å²) in [5.74, 6) is 0. The lowest BCUT2D eigenvalue weighted by atomic mass is 9.91. The number of piperidine rings is 1. The predicted octanol–water partition coefficient (Wildman–Crippen LogP) is 3.61. The zero-order valence-corrected chi connectivity index (χ0v) is 11.9. The second kappa shape index (κ2) is 6.02. The first-order chi connectivity index (χ1) is 9.84. The molecule has 0 saturated carbocycles. The molecule has 0 aliphatic carbocycles. The highest BCUT2D eigenvalue weighted by atomic mass is 15.1. The van der Waals surface area contributed by atoms with Gasteiger partial charge in [-0.05, 0) is 37.6 Å². The van der Waals surface area contributed by atoms with Gasteiger partial charge in [-0.1, -0.05) is 42.0 Å². The van der Waals surface area contributed by atoms with E-state index in [1.807, 2.05) is 12.3 Å². The van der Waals surface area contributed by atoms with Gasteiger partial charge < -0.3 is 4.90 Å². The molecule has 20 heavy (non-hydrogen) atoms. The molecule has 1 aromatic carbocycles. The van der Waals surface area contributed by atoms with Crippen molar-refractivity contribution in [3.05, 3.63) is 71.6 Å². The van der Waals surface area contributed by atoms with Crippen LogP contribution in [-0.4, -0.2) is 30.0 Å². The minimum absolute atomic E-state index is 1.10. The first-order valence-electron chi connectivity index (χ1n) is 7.22. The van der Waals surface area contributed by atoms with E-state index < -0.39 is 0 Å². The van der Waals surface area contributed by atoms with Crippen molar-refractivity contribution in [2.75, 3.05) is 20.1 Å². The van der Waals surface area contributed by atoms with E-state index in [2.05, 4.69) is 59.4 Å². The van der Waals surface area contributed by atoms with Gasteiger partial charge in [-0.25, -0.2) is 0 Å². The average molecular weight is 264 g/mol. The fraction of sp³-hybridized carbons (Fsp3) is 0.278. The van der Waals surface area contributed by atoms with Crippen molar-refractivity contribution in [1.82, 2.24) is 9.88 Å². The molecule has 0 N–H and O–H groups in total. The van der Waals surface area contributed by atoms with Gasteiger partial charge in [0.15, 0.2) is 0 Å². The van der Waals surface area contributed by atoms with E-state index >= 15 is 0 Å². The van der Waals surface area contributed by atoms with Crippen LogP contribution in [0.5, 0.6) is 0 Å². The molecule has 0 amide bonds. The van der Waals surface area contributed by atoms with Gasteiger partial charge in [0.05, 0.1) is 5.69 Å². The number of likely N-dealkylation sites (tertiary alicyclic amines) is 1. The average Bonchev–Trinajstić information content (AvgIpc) is 2.52. The van der Waals surface area contributed by atoms with Gasteiger partial charge in [0.2, 0.25) is 0 Å². The second-order valence-corrected chi connectivity index (χ2v) is 5.36. The summed E-state index contributed by atoms with van der Waals surface area (Å²) < 4.78 is 0. The first-order valence-corrected chi connectivity index (χ1v) is 7.22. The van der Waals surface area contributed by atoms with Crippen molar-refractivity contribution in [1.29, 1.82) is 0 Å². The lowest BCUT2D eigenvalue weighted by molar-refractivity contribution is 0.313. The number of pyridine rings is 1. The van der Waals surface area contributed by atoms with Crippen LogP contribution in [0.2, 0.25) is 0 Å². The van der Waals surface area contributed by atoms with Gasteiger partial charge in [-0.3, -0.25) is 4.98 Å². The molecule has 2 heteroatoms. The smallest absolute Gasteiger partial charge is 0.0707 e. The molecule has 1 aliphatic rings. The highest BCUT2D eigenvalue weighted by molar-refractivity contribution is 5.80. The summed E-state index contributed by atoms with van der Waals surface area (Å²) in [5, 5.41) is 0. The summed E-state index contributed by atoms with van der Waals surface area (Å²) in [7, 11) is 2.19. The normalized spacial score (nSPS) is 16.1. The standard InChI is InChI=1S/C18H20N2/c1-20-13-10-16(11-14-20)18(15-7-3-2-4-8-15)17-9-5-6-12-19-17/h2-9,12H,10-11,13-14H2,1H3. The van der Waals surface area contributed by atoms with E-state index in [4.69, 9.17) is 0 Å². The zero-order chi connectivity index (χ0) is 13.8. The maximum absolute atomic E-state index is 4.58. The lowest BCUT2D eigenvalue weighted by Gasteiger charge is -2.26. The molecule has 2 aromatic rings. The fourth-order valence-corrected chi connectivity index (χ4v) is 2.79. The Bertz CT molecular complexity index is 536. The maximum atomic E-state index is 4.58. The molecule has 1 fully saturated rings. The number of hydrogen-bond acceptors (Lipinski definition) is 2. The molecule has 0 bridgehead atoms. The predicted molar refractivity (Wildman–Crippen MR) is 83.4 cm³/mol. The van der Waals surface area contributed by atoms with Crippen molar-refractivity contribution in [2.45, 2.75) is 12.8 Å². The molecule has 1 saturated heterocycles. The van der Waals surface area contributed by atoms with Gasteiger partial charge in [0, 0.05) is 24.9 Å². The summed E-state index contributed by atoms with van der Waals surface area (Å²) in [6, 6.07) is 16.8. The Morgan fingerprint density at radius 2 is 1.65 bits per heavy atom. The lowest BCUT2D eigenvalue weighted by Crippen LogP contribution is -2.27. The van der Waals surface area contributed by atoms with Crippen LogP contribution in [0, 0.1) is 0 Å². The van der Waals surface area contributed by atoms with E-state index in [1.54, 1.807) is 0 Å². The van der Waals surface area contributed by atoms with Crippen molar-refractivity contribution in [3.63, 3.8) is 0 Å². The third-order valence-electron chi connectivity index (χ3n) is 3.93. The van der Waals surface area contributed by atoms with Crippen LogP contribution in [0.15, 0.2) is 60.3 Å². The third kappa shape index (κ3) is 2.81. The Morgan fingerprint density at radius 3 is 2.30 bits per heavy atom. The number of nitrogens with zero attached hydrogens (tertiary/aromatic N) is 2. The van der Waals surface area contributed by atoms with Crippen molar-refractivity contribution < 1.29 is 0 Å². The Balaban J connectivity index is 2.07. The van der Waals surface area contributed by atoms with E-state index in [0.29, 0.717) is 0 Å². The molecular formula is C18H20N2. The van der Waals surface area contributed by atoms with Crippen molar-refractivity contribution in [3.8, 4) is 0 Å². The van der Waals surface area contributed by atoms with Crippen LogP contribution >= 0.6 is 0 Å². The summed E-state index contributed by atoms with van der Waals surface area (Å²) in [5.41, 5.74) is 5.25. The second-order valence-electron chi connectivity index (χ2n) is 5.36. The topological polar surface area (TPSA) is 16.1 Å². The van der Waals surface area contributed by atoms with E-state index in [9.17, 15) is 0 Å². The fourth-order valence-electron chi connectivity index (χ4n) is 2.79. The van der Waals surface area contributed by atoms with E-state index in [0.717, 1.165) is 31.6 Å². The van der Waals surface area contributed by atoms with Gasteiger partial charge in [-0.15, -0.1) is 0 Å². The number of aromatic nitrogens is 1. The van der Waals surface area contributed by atoms with Crippen LogP contribution in [0.4, 0.5) is 0 Å². The third-order valence-corrected chi connectivity index (χ3v) is 3.93. The van der Waals surface area contributed by atoms with Gasteiger partial charge in [0.1, 0.15) is 0 Å². The molecule has 102 valence electrons. The Morgan fingerprint density at radius 1 is 0.950 bits per heavy atom. The van der Waals surface area contributed by atoms with E-state index in [-0.39, 0.29) is 0 Å². The number of benzene rings is 1. The van der Waals surface area contributed by atoms with Crippen LogP contribution in [-0.2, 0) is 0 Å². The Kier molecular flexibility index (Phi) is 3.93. The minimum atomic E-state index is 1.10. The minimum Gasteiger partial charge on any atom is -0.306 e. The van der Waals surface area contributed by atoms with Gasteiger partial charge >= 0.3 is 0 Å². The molecule has 2 heterocycles. The first kappa shape index (κ1) is 13.1. The molecule has 2 nitrogen and oxygen atoms in total. The van der Waals surface area contributed by atoms with Gasteiger partial charge in [-0.2, -0.15) is 0 Å². The van der Waals surface area contributed by atoms with Gasteiger partial charge in [0.25, 0.3) is 0 Å². The van der Waals surface area contributed by atoms with Crippen molar-refractivity contribution in [2.24, 2.45) is 0 Å². The highest BCUT2D eigenvalue weighted by Crippen LogP contribution is 2.30. The van der Waals surface area contributed by atoms with Crippen LogP contribution in [0.25, 0.3) is 5.57 Å². The molecule has 1 aromatic heterocycles. The molecule has 0 atom stereocenters. The SMILES string of the molecule is CN1CCC(=C(c2ccccc2)c2ccccn2)CC1. The monoisotopic (exact) mass is 264 g/mol. The van der Waals surface area contributed by atoms with E-state index in [1.165, 1.54) is 16.7 Å². The molecule has 3 rings (SSSR count). The Hall–Kier alpha value is -1.93. The van der Waals surface area contributed by atoms with Crippen LogP contribution in [0.3, 0.4) is 0 Å². The largest absolute Gasteiger partial charge is 0.306 e. The van der Waals surface area contributed by atoms with Crippen LogP contribution < -0.4 is 0 Å². The molecule has 0 radical (unpaired) electrons. The highest BCUT2D eigenvalue weighted by Gasteiger charge is 2.17. The summed E-state index contributed by atoms with van der Waals surface area (Å²) in [6.45, 7) is 2.27. The maximum Gasteiger partial charge on any atom is 0.0707 e. The molecule has 0 unspecified atom stereocenters. The number of rotatable bonds is 2.